The number of benzene rings is 6. The predicted octanol–water partition coefficient (Wildman–Crippen LogP) is 8.02. The van der Waals surface area contributed by atoms with Gasteiger partial charge in [-0.1, -0.05) is 90.6 Å². The molecule has 0 aliphatic carbocycles. The van der Waals surface area contributed by atoms with Gasteiger partial charge in [-0.05, 0) is 76.6 Å². The van der Waals surface area contributed by atoms with E-state index in [9.17, 15) is 0 Å². The number of rotatable bonds is 2. The molecule has 0 spiro atoms. The average Bonchev–Trinajstić information content (AvgIpc) is 3.03. The van der Waals surface area contributed by atoms with Crippen molar-refractivity contribution in [1.29, 1.82) is 0 Å². The van der Waals surface area contributed by atoms with Crippen LogP contribution in [-0.4, -0.2) is 6.71 Å². The van der Waals surface area contributed by atoms with Crippen LogP contribution in [0.25, 0.3) is 11.1 Å². The van der Waals surface area contributed by atoms with E-state index in [1.54, 1.807) is 0 Å². The van der Waals surface area contributed by atoms with Gasteiger partial charge >= 0.3 is 0 Å². The lowest BCUT2D eigenvalue weighted by molar-refractivity contribution is 0.464. The van der Waals surface area contributed by atoms with Crippen LogP contribution in [0, 0.1) is 0 Å². The van der Waals surface area contributed by atoms with Gasteiger partial charge in [-0.25, -0.2) is 0 Å². The minimum atomic E-state index is 0.0727. The number of hydrogen-bond acceptors (Lipinski definition) is 4. The van der Waals surface area contributed by atoms with Gasteiger partial charge in [0.15, 0.2) is 0 Å². The monoisotopic (exact) mass is 543 g/mol. The summed E-state index contributed by atoms with van der Waals surface area (Å²) in [6.07, 6.45) is 0. The van der Waals surface area contributed by atoms with Gasteiger partial charge in [0.1, 0.15) is 23.0 Å². The molecule has 0 atom stereocenters. The van der Waals surface area contributed by atoms with Crippen LogP contribution in [0.4, 0.5) is 17.1 Å². The third-order valence-electron chi connectivity index (χ3n) is 8.19. The fourth-order valence-corrected chi connectivity index (χ4v) is 7.59. The van der Waals surface area contributed by atoms with Crippen LogP contribution in [0.3, 0.4) is 0 Å². The van der Waals surface area contributed by atoms with Crippen LogP contribution in [0.15, 0.2) is 143 Å². The summed E-state index contributed by atoms with van der Waals surface area (Å²) in [6.45, 7) is 0.0727. The first kappa shape index (κ1) is 22.9. The Balaban J connectivity index is 1.21. The minimum absolute atomic E-state index is 0.0727. The van der Waals surface area contributed by atoms with E-state index in [-0.39, 0.29) is 6.71 Å². The molecule has 6 aromatic carbocycles. The largest absolute Gasteiger partial charge is 0.458 e. The highest BCUT2D eigenvalue weighted by Crippen LogP contribution is 2.54. The van der Waals surface area contributed by atoms with Crippen LogP contribution in [0.5, 0.6) is 23.0 Å². The first-order valence-electron chi connectivity index (χ1n) is 13.8. The molecule has 0 N–H and O–H groups in total. The lowest BCUT2D eigenvalue weighted by Gasteiger charge is -2.34. The normalized spacial score (nSPS) is 13.6. The maximum absolute atomic E-state index is 6.59. The molecule has 0 radical (unpaired) electrons. The average molecular weight is 543 g/mol. The highest BCUT2D eigenvalue weighted by atomic mass is 32.2. The van der Waals surface area contributed by atoms with Gasteiger partial charge in [0.05, 0.1) is 11.4 Å². The van der Waals surface area contributed by atoms with Gasteiger partial charge in [0, 0.05) is 20.9 Å². The topological polar surface area (TPSA) is 21.7 Å². The van der Waals surface area contributed by atoms with Crippen molar-refractivity contribution in [2.75, 3.05) is 4.90 Å². The molecule has 0 bridgehead atoms. The molecule has 0 saturated heterocycles. The van der Waals surface area contributed by atoms with Crippen molar-refractivity contribution in [2.24, 2.45) is 0 Å². The van der Waals surface area contributed by atoms with E-state index in [1.807, 2.05) is 36.0 Å². The van der Waals surface area contributed by atoms with Crippen molar-refractivity contribution in [1.82, 2.24) is 0 Å². The zero-order chi connectivity index (χ0) is 26.9. The number of hydrogen-bond donors (Lipinski definition) is 0. The Morgan fingerprint density at radius 3 is 2.12 bits per heavy atom. The Kier molecular flexibility index (Phi) is 4.93. The molecule has 3 aliphatic heterocycles. The van der Waals surface area contributed by atoms with Crippen LogP contribution >= 0.6 is 11.8 Å². The van der Waals surface area contributed by atoms with Gasteiger partial charge in [0.2, 0.25) is 0 Å². The van der Waals surface area contributed by atoms with E-state index in [0.29, 0.717) is 0 Å². The first-order valence-corrected chi connectivity index (χ1v) is 14.6. The quantitative estimate of drug-likeness (QED) is 0.206. The Bertz CT molecular complexity index is 2010. The van der Waals surface area contributed by atoms with Gasteiger partial charge < -0.3 is 14.4 Å². The zero-order valence-electron chi connectivity index (χ0n) is 22.0. The summed E-state index contributed by atoms with van der Waals surface area (Å²) in [7, 11) is 0. The van der Waals surface area contributed by atoms with Crippen LogP contribution in [0.1, 0.15) is 0 Å². The van der Waals surface area contributed by atoms with Crippen LogP contribution in [0.2, 0.25) is 0 Å². The fraction of sp³-hybridized carbons (Fsp3) is 0. The maximum Gasteiger partial charge on any atom is 0.260 e. The number of nitrogens with zero attached hydrogens (tertiary/aromatic N) is 1. The van der Waals surface area contributed by atoms with E-state index in [4.69, 9.17) is 9.47 Å². The molecule has 3 heterocycles. The summed E-state index contributed by atoms with van der Waals surface area (Å²) in [5.41, 5.74) is 9.32. The fourth-order valence-electron chi connectivity index (χ4n) is 6.40. The molecule has 41 heavy (non-hydrogen) atoms. The predicted molar refractivity (Wildman–Crippen MR) is 168 cm³/mol. The first-order chi connectivity index (χ1) is 20.3. The number of fused-ring (bicyclic) bond motifs is 6. The Morgan fingerprint density at radius 1 is 0.537 bits per heavy atom. The number of para-hydroxylation sites is 3. The third kappa shape index (κ3) is 3.42. The second-order valence-electron chi connectivity index (χ2n) is 10.5. The lowest BCUT2D eigenvalue weighted by atomic mass is 9.35. The highest BCUT2D eigenvalue weighted by Gasteiger charge is 2.40. The molecule has 6 aromatic rings. The zero-order valence-corrected chi connectivity index (χ0v) is 22.8. The molecule has 0 saturated carbocycles. The molecule has 192 valence electrons. The molecular weight excluding hydrogens is 521 g/mol. The Labute approximate surface area is 243 Å². The summed E-state index contributed by atoms with van der Waals surface area (Å²) in [5.74, 6) is 3.54. The Hall–Kier alpha value is -4.87. The maximum atomic E-state index is 6.59. The summed E-state index contributed by atoms with van der Waals surface area (Å²) in [5, 5.41) is 0. The van der Waals surface area contributed by atoms with Crippen molar-refractivity contribution in [2.45, 2.75) is 9.79 Å². The number of ether oxygens (including phenoxy) is 2. The van der Waals surface area contributed by atoms with Crippen molar-refractivity contribution in [3.8, 4) is 34.1 Å². The summed E-state index contributed by atoms with van der Waals surface area (Å²) >= 11 is 1.84. The second-order valence-corrected chi connectivity index (χ2v) is 11.5. The molecule has 0 unspecified atom stereocenters. The molecular formula is C36H22BNO2S. The molecule has 0 fully saturated rings. The number of anilines is 3. The van der Waals surface area contributed by atoms with E-state index < -0.39 is 0 Å². The highest BCUT2D eigenvalue weighted by molar-refractivity contribution is 8.00. The van der Waals surface area contributed by atoms with Gasteiger partial charge in [-0.3, -0.25) is 0 Å². The van der Waals surface area contributed by atoms with Crippen molar-refractivity contribution >= 4 is 51.9 Å². The van der Waals surface area contributed by atoms with Crippen LogP contribution in [-0.2, 0) is 0 Å². The van der Waals surface area contributed by atoms with Crippen LogP contribution < -0.4 is 30.8 Å². The van der Waals surface area contributed by atoms with E-state index in [1.165, 1.54) is 32.2 Å². The standard InChI is InChI=1S/C36H22BNO2S/c1-2-10-24(11-3-1)38-28-14-5-7-19-34(28)41-36-25(12-8-15-29(36)38)23-20-21-27-33(22-23)40-32-18-9-17-31-35(32)37(27)26-13-4-6-16-30(26)39-31/h1-22H. The third-order valence-corrected chi connectivity index (χ3v) is 9.39. The molecule has 3 nitrogen and oxygen atoms in total. The van der Waals surface area contributed by atoms with E-state index >= 15 is 0 Å². The van der Waals surface area contributed by atoms with Gasteiger partial charge in [0.25, 0.3) is 6.71 Å². The van der Waals surface area contributed by atoms with Crippen molar-refractivity contribution in [3.05, 3.63) is 133 Å². The lowest BCUT2D eigenvalue weighted by Crippen LogP contribution is -2.57. The summed E-state index contributed by atoms with van der Waals surface area (Å²) in [6, 6.07) is 47.0. The molecule has 0 amide bonds. The van der Waals surface area contributed by atoms with Crippen molar-refractivity contribution < 1.29 is 9.47 Å². The van der Waals surface area contributed by atoms with E-state index in [2.05, 4.69) is 114 Å². The van der Waals surface area contributed by atoms with Crippen molar-refractivity contribution in [3.63, 3.8) is 0 Å². The molecule has 3 aliphatic rings. The second kappa shape index (κ2) is 8.82. The molecule has 0 aromatic heterocycles. The minimum Gasteiger partial charge on any atom is -0.458 e. The SMILES string of the molecule is c1ccc(N2c3ccccc3Sc3c(-c4ccc5c(c4)Oc4cccc6c4B5c4ccccc4O6)cccc32)cc1. The smallest absolute Gasteiger partial charge is 0.260 e. The van der Waals surface area contributed by atoms with Gasteiger partial charge in [-0.2, -0.15) is 0 Å². The Morgan fingerprint density at radius 2 is 1.22 bits per heavy atom. The van der Waals surface area contributed by atoms with Gasteiger partial charge in [-0.15, -0.1) is 0 Å². The molecule has 5 heteroatoms. The van der Waals surface area contributed by atoms with E-state index in [0.717, 1.165) is 45.2 Å². The molecule has 9 rings (SSSR count). The summed E-state index contributed by atoms with van der Waals surface area (Å²) < 4.78 is 12.9. The summed E-state index contributed by atoms with van der Waals surface area (Å²) in [4.78, 5) is 4.85.